The Kier molecular flexibility index (Phi) is 7.37. The molecule has 0 spiro atoms. The Balaban J connectivity index is 1.51. The molecular formula is C33H35NO4. The van der Waals surface area contributed by atoms with E-state index in [9.17, 15) is 14.7 Å². The van der Waals surface area contributed by atoms with Gasteiger partial charge in [-0.2, -0.15) is 0 Å². The maximum Gasteiger partial charge on any atom is 0.295 e. The first kappa shape index (κ1) is 25.8. The Morgan fingerprint density at radius 1 is 0.974 bits per heavy atom. The van der Waals surface area contributed by atoms with Crippen LogP contribution in [0.25, 0.3) is 5.76 Å². The van der Waals surface area contributed by atoms with Gasteiger partial charge in [0, 0.05) is 11.6 Å². The third-order valence-corrected chi connectivity index (χ3v) is 7.80. The van der Waals surface area contributed by atoms with Crippen molar-refractivity contribution in [3.05, 3.63) is 106 Å². The molecule has 2 fully saturated rings. The maximum absolute atomic E-state index is 13.4. The number of hydrogen-bond acceptors (Lipinski definition) is 4. The lowest BCUT2D eigenvalue weighted by atomic mass is 9.92. The standard InChI is InChI=1S/C33H35NO4/c1-21(2)24-13-15-25(16-14-24)30-29(32(36)33(37)34(30)27-11-7-8-12-27)31(35)26-17-18-28(22(3)19-26)38-20-23-9-5-4-6-10-23/h4-6,9-10,13-19,21,27,30,35H,7-8,11-12,20H2,1-3H3/b31-29-. The number of rotatable bonds is 7. The number of Topliss-reactive ketones (excluding diaryl/α,β-unsaturated/α-hetero) is 1. The molecule has 3 aromatic rings. The maximum atomic E-state index is 13.4. The smallest absolute Gasteiger partial charge is 0.295 e. The van der Waals surface area contributed by atoms with Crippen molar-refractivity contribution in [3.8, 4) is 5.75 Å². The van der Waals surface area contributed by atoms with E-state index < -0.39 is 17.7 Å². The molecule has 0 radical (unpaired) electrons. The van der Waals surface area contributed by atoms with Crippen molar-refractivity contribution in [3.63, 3.8) is 0 Å². The van der Waals surface area contributed by atoms with Crippen LogP contribution in [-0.4, -0.2) is 27.7 Å². The van der Waals surface area contributed by atoms with E-state index in [1.54, 1.807) is 11.0 Å². The summed E-state index contributed by atoms with van der Waals surface area (Å²) in [5, 5.41) is 11.5. The molecule has 0 aromatic heterocycles. The molecule has 1 aliphatic carbocycles. The molecule has 1 unspecified atom stereocenters. The van der Waals surface area contributed by atoms with Crippen molar-refractivity contribution in [2.24, 2.45) is 0 Å². The molecule has 0 bridgehead atoms. The van der Waals surface area contributed by atoms with Crippen LogP contribution in [0.3, 0.4) is 0 Å². The Bertz CT molecular complexity index is 1350. The normalized spacial score (nSPS) is 19.5. The minimum absolute atomic E-state index is 0.00187. The highest BCUT2D eigenvalue weighted by Gasteiger charge is 2.49. The van der Waals surface area contributed by atoms with Crippen molar-refractivity contribution in [1.29, 1.82) is 0 Å². The second-order valence-electron chi connectivity index (χ2n) is 10.7. The zero-order valence-electron chi connectivity index (χ0n) is 22.3. The lowest BCUT2D eigenvalue weighted by Gasteiger charge is -2.31. The molecular weight excluding hydrogens is 474 g/mol. The van der Waals surface area contributed by atoms with Gasteiger partial charge in [-0.05, 0) is 66.1 Å². The molecule has 1 N–H and O–H groups in total. The summed E-state index contributed by atoms with van der Waals surface area (Å²) in [6, 6.07) is 22.8. The van der Waals surface area contributed by atoms with E-state index in [4.69, 9.17) is 4.74 Å². The average Bonchev–Trinajstić information content (AvgIpc) is 3.54. The van der Waals surface area contributed by atoms with Gasteiger partial charge in [0.1, 0.15) is 18.1 Å². The van der Waals surface area contributed by atoms with Crippen LogP contribution >= 0.6 is 0 Å². The summed E-state index contributed by atoms with van der Waals surface area (Å²) < 4.78 is 6.00. The van der Waals surface area contributed by atoms with Crippen LogP contribution < -0.4 is 4.74 Å². The second kappa shape index (κ2) is 10.9. The molecule has 1 saturated heterocycles. The summed E-state index contributed by atoms with van der Waals surface area (Å²) in [4.78, 5) is 28.5. The number of ether oxygens (including phenoxy) is 1. The highest BCUT2D eigenvalue weighted by Crippen LogP contribution is 2.44. The molecule has 1 heterocycles. The van der Waals surface area contributed by atoms with Crippen LogP contribution in [0.2, 0.25) is 0 Å². The number of ketones is 1. The van der Waals surface area contributed by atoms with Crippen molar-refractivity contribution in [2.45, 2.75) is 71.1 Å². The summed E-state index contributed by atoms with van der Waals surface area (Å²) in [5.74, 6) is -0.196. The Hall–Kier alpha value is -3.86. The molecule has 38 heavy (non-hydrogen) atoms. The van der Waals surface area contributed by atoms with Gasteiger partial charge in [-0.15, -0.1) is 0 Å². The molecule has 1 aliphatic heterocycles. The Morgan fingerprint density at radius 3 is 2.29 bits per heavy atom. The topological polar surface area (TPSA) is 66.8 Å². The average molecular weight is 510 g/mol. The van der Waals surface area contributed by atoms with E-state index in [2.05, 4.69) is 26.0 Å². The Labute approximate surface area is 224 Å². The van der Waals surface area contributed by atoms with Gasteiger partial charge < -0.3 is 14.7 Å². The van der Waals surface area contributed by atoms with Crippen LogP contribution in [0.15, 0.2) is 78.4 Å². The monoisotopic (exact) mass is 509 g/mol. The van der Waals surface area contributed by atoms with Gasteiger partial charge in [0.25, 0.3) is 11.7 Å². The number of benzene rings is 3. The number of aliphatic hydroxyl groups is 1. The summed E-state index contributed by atoms with van der Waals surface area (Å²) in [5.41, 5.74) is 4.61. The number of carbonyl (C=O) groups excluding carboxylic acids is 2. The number of amides is 1. The molecule has 5 rings (SSSR count). The number of likely N-dealkylation sites (tertiary alicyclic amines) is 1. The lowest BCUT2D eigenvalue weighted by molar-refractivity contribution is -0.141. The molecule has 3 aromatic carbocycles. The van der Waals surface area contributed by atoms with Crippen molar-refractivity contribution < 1.29 is 19.4 Å². The van der Waals surface area contributed by atoms with Crippen molar-refractivity contribution in [2.75, 3.05) is 0 Å². The minimum atomic E-state index is -0.616. The summed E-state index contributed by atoms with van der Waals surface area (Å²) in [7, 11) is 0. The first-order valence-electron chi connectivity index (χ1n) is 13.5. The number of aliphatic hydroxyl groups excluding tert-OH is 1. The van der Waals surface area contributed by atoms with Crippen molar-refractivity contribution in [1.82, 2.24) is 4.90 Å². The van der Waals surface area contributed by atoms with Crippen LogP contribution in [-0.2, 0) is 16.2 Å². The molecule has 5 nitrogen and oxygen atoms in total. The highest BCUT2D eigenvalue weighted by molar-refractivity contribution is 6.46. The van der Waals surface area contributed by atoms with E-state index in [-0.39, 0.29) is 17.4 Å². The molecule has 1 amide bonds. The van der Waals surface area contributed by atoms with Gasteiger partial charge >= 0.3 is 0 Å². The molecule has 196 valence electrons. The van der Waals surface area contributed by atoms with Crippen LogP contribution in [0.5, 0.6) is 5.75 Å². The van der Waals surface area contributed by atoms with Gasteiger partial charge in [-0.3, -0.25) is 9.59 Å². The number of carbonyl (C=O) groups is 2. The van der Waals surface area contributed by atoms with Gasteiger partial charge in [0.2, 0.25) is 0 Å². The predicted molar refractivity (Wildman–Crippen MR) is 149 cm³/mol. The van der Waals surface area contributed by atoms with Crippen LogP contribution in [0.1, 0.15) is 79.3 Å². The minimum Gasteiger partial charge on any atom is -0.507 e. The predicted octanol–water partition coefficient (Wildman–Crippen LogP) is 7.06. The van der Waals surface area contributed by atoms with Gasteiger partial charge in [-0.1, -0.05) is 81.3 Å². The lowest BCUT2D eigenvalue weighted by Crippen LogP contribution is -2.37. The summed E-state index contributed by atoms with van der Waals surface area (Å²) in [6.45, 7) is 6.62. The van der Waals surface area contributed by atoms with Gasteiger partial charge in [0.15, 0.2) is 0 Å². The molecule has 1 saturated carbocycles. The van der Waals surface area contributed by atoms with E-state index in [0.29, 0.717) is 23.8 Å². The third kappa shape index (κ3) is 4.98. The zero-order chi connectivity index (χ0) is 26.8. The summed E-state index contributed by atoms with van der Waals surface area (Å²) in [6.07, 6.45) is 3.83. The second-order valence-corrected chi connectivity index (χ2v) is 10.7. The first-order valence-corrected chi connectivity index (χ1v) is 13.5. The zero-order valence-corrected chi connectivity index (χ0v) is 22.3. The van der Waals surface area contributed by atoms with Crippen LogP contribution in [0, 0.1) is 6.92 Å². The van der Waals surface area contributed by atoms with Gasteiger partial charge in [0.05, 0.1) is 11.6 Å². The fourth-order valence-corrected chi connectivity index (χ4v) is 5.65. The van der Waals surface area contributed by atoms with Gasteiger partial charge in [-0.25, -0.2) is 0 Å². The van der Waals surface area contributed by atoms with E-state index in [1.165, 1.54) is 5.56 Å². The van der Waals surface area contributed by atoms with E-state index in [1.807, 2.05) is 61.5 Å². The van der Waals surface area contributed by atoms with Crippen molar-refractivity contribution >= 4 is 17.4 Å². The van der Waals surface area contributed by atoms with E-state index >= 15 is 0 Å². The number of aryl methyl sites for hydroxylation is 1. The molecule has 5 heteroatoms. The first-order chi connectivity index (χ1) is 18.3. The number of nitrogens with zero attached hydrogens (tertiary/aromatic N) is 1. The summed E-state index contributed by atoms with van der Waals surface area (Å²) >= 11 is 0. The fourth-order valence-electron chi connectivity index (χ4n) is 5.65. The SMILES string of the molecule is Cc1cc(/C(O)=C2/C(=O)C(=O)N(C3CCCC3)C2c2ccc(C(C)C)cc2)ccc1OCc1ccccc1. The largest absolute Gasteiger partial charge is 0.507 e. The van der Waals surface area contributed by atoms with Crippen LogP contribution in [0.4, 0.5) is 0 Å². The quantitative estimate of drug-likeness (QED) is 0.210. The number of hydrogen-bond donors (Lipinski definition) is 1. The highest BCUT2D eigenvalue weighted by atomic mass is 16.5. The third-order valence-electron chi connectivity index (χ3n) is 7.80. The molecule has 2 aliphatic rings. The van der Waals surface area contributed by atoms with E-state index in [0.717, 1.165) is 42.4 Å². The molecule has 1 atom stereocenters. The fraction of sp³-hybridized carbons (Fsp3) is 0.333. The Morgan fingerprint density at radius 2 is 1.66 bits per heavy atom.